The highest BCUT2D eigenvalue weighted by molar-refractivity contribution is 5.92. The average molecular weight is 274 g/mol. The van der Waals surface area contributed by atoms with Crippen molar-refractivity contribution in [3.63, 3.8) is 0 Å². The zero-order valence-electron chi connectivity index (χ0n) is 11.7. The zero-order valence-corrected chi connectivity index (χ0v) is 11.7. The molecule has 1 fully saturated rings. The Morgan fingerprint density at radius 1 is 1.15 bits per heavy atom. The van der Waals surface area contributed by atoms with Crippen LogP contribution in [-0.2, 0) is 16.0 Å². The molecule has 1 aromatic carbocycles. The number of benzene rings is 1. The SMILES string of the molecule is O=C(CCCCCCc1ccccc1)N[C@@H]1CNC1=O. The van der Waals surface area contributed by atoms with Crippen LogP contribution < -0.4 is 10.6 Å². The lowest BCUT2D eigenvalue weighted by atomic mass is 10.1. The Morgan fingerprint density at radius 3 is 2.55 bits per heavy atom. The molecule has 1 aliphatic rings. The number of rotatable bonds is 8. The number of hydrogen-bond acceptors (Lipinski definition) is 2. The molecule has 1 atom stereocenters. The van der Waals surface area contributed by atoms with Crippen molar-refractivity contribution in [3.8, 4) is 0 Å². The van der Waals surface area contributed by atoms with E-state index in [4.69, 9.17) is 0 Å². The van der Waals surface area contributed by atoms with Crippen LogP contribution in [0.2, 0.25) is 0 Å². The van der Waals surface area contributed by atoms with Gasteiger partial charge in [-0.2, -0.15) is 0 Å². The van der Waals surface area contributed by atoms with E-state index in [0.717, 1.165) is 32.1 Å². The third-order valence-corrected chi connectivity index (χ3v) is 3.59. The molecule has 2 rings (SSSR count). The lowest BCUT2D eigenvalue weighted by Crippen LogP contribution is -2.61. The van der Waals surface area contributed by atoms with E-state index >= 15 is 0 Å². The first-order valence-corrected chi connectivity index (χ1v) is 7.37. The van der Waals surface area contributed by atoms with Gasteiger partial charge in [-0.25, -0.2) is 0 Å². The maximum atomic E-state index is 11.6. The third kappa shape index (κ3) is 4.68. The normalized spacial score (nSPS) is 17.2. The molecule has 20 heavy (non-hydrogen) atoms. The lowest BCUT2D eigenvalue weighted by molar-refractivity contribution is -0.133. The van der Waals surface area contributed by atoms with Crippen molar-refractivity contribution in [2.24, 2.45) is 0 Å². The number of nitrogens with one attached hydrogen (secondary N) is 2. The number of carbonyl (C=O) groups excluding carboxylic acids is 2. The van der Waals surface area contributed by atoms with Crippen LogP contribution in [0.4, 0.5) is 0 Å². The summed E-state index contributed by atoms with van der Waals surface area (Å²) in [6.45, 7) is 0.571. The van der Waals surface area contributed by atoms with Gasteiger partial charge < -0.3 is 10.6 Å². The predicted molar refractivity (Wildman–Crippen MR) is 78.2 cm³/mol. The molecule has 0 unspecified atom stereocenters. The summed E-state index contributed by atoms with van der Waals surface area (Å²) in [5.41, 5.74) is 1.38. The molecule has 2 amide bonds. The molecule has 1 aromatic rings. The second kappa shape index (κ2) is 7.68. The van der Waals surface area contributed by atoms with Crippen LogP contribution in [-0.4, -0.2) is 24.4 Å². The fraction of sp³-hybridized carbons (Fsp3) is 0.500. The molecule has 108 valence electrons. The maximum Gasteiger partial charge on any atom is 0.244 e. The Morgan fingerprint density at radius 2 is 1.90 bits per heavy atom. The maximum absolute atomic E-state index is 11.6. The van der Waals surface area contributed by atoms with Gasteiger partial charge in [0.2, 0.25) is 11.8 Å². The second-order valence-electron chi connectivity index (χ2n) is 5.27. The van der Waals surface area contributed by atoms with Gasteiger partial charge in [-0.1, -0.05) is 43.2 Å². The van der Waals surface area contributed by atoms with Gasteiger partial charge in [-0.3, -0.25) is 9.59 Å². The quantitative estimate of drug-likeness (QED) is 0.561. The molecule has 0 bridgehead atoms. The topological polar surface area (TPSA) is 58.2 Å². The molecule has 0 aliphatic carbocycles. The van der Waals surface area contributed by atoms with Crippen LogP contribution in [0.15, 0.2) is 30.3 Å². The smallest absolute Gasteiger partial charge is 0.244 e. The fourth-order valence-corrected chi connectivity index (χ4v) is 2.28. The van der Waals surface area contributed by atoms with Crippen molar-refractivity contribution in [2.75, 3.05) is 6.54 Å². The Balaban J connectivity index is 1.47. The summed E-state index contributed by atoms with van der Waals surface area (Å²) < 4.78 is 0. The van der Waals surface area contributed by atoms with Crippen molar-refractivity contribution >= 4 is 11.8 Å². The molecular formula is C16H22N2O2. The standard InChI is InChI=1S/C16H22N2O2/c19-15(18-14-12-17-16(14)20)11-7-2-1-4-8-13-9-5-3-6-10-13/h3,5-6,9-10,14H,1-2,4,7-8,11-12H2,(H,17,20)(H,18,19)/t14-/m1/s1. The minimum absolute atomic E-state index is 0.00657. The molecule has 1 heterocycles. The highest BCUT2D eigenvalue weighted by Crippen LogP contribution is 2.09. The number of carbonyl (C=O) groups is 2. The van der Waals surface area contributed by atoms with Crippen LogP contribution in [0, 0.1) is 0 Å². The summed E-state index contributed by atoms with van der Waals surface area (Å²) in [6.07, 6.45) is 5.90. The summed E-state index contributed by atoms with van der Waals surface area (Å²) in [4.78, 5) is 22.5. The van der Waals surface area contributed by atoms with Gasteiger partial charge in [0.1, 0.15) is 6.04 Å². The van der Waals surface area contributed by atoms with E-state index in [0.29, 0.717) is 13.0 Å². The summed E-state index contributed by atoms with van der Waals surface area (Å²) in [5, 5.41) is 5.34. The Labute approximate surface area is 119 Å². The highest BCUT2D eigenvalue weighted by atomic mass is 16.2. The monoisotopic (exact) mass is 274 g/mol. The molecule has 1 aliphatic heterocycles. The molecule has 1 saturated heterocycles. The van der Waals surface area contributed by atoms with Gasteiger partial charge in [-0.05, 0) is 24.8 Å². The number of hydrogen-bond donors (Lipinski definition) is 2. The first-order chi connectivity index (χ1) is 9.75. The van der Waals surface area contributed by atoms with Crippen LogP contribution >= 0.6 is 0 Å². The van der Waals surface area contributed by atoms with E-state index < -0.39 is 0 Å². The van der Waals surface area contributed by atoms with Gasteiger partial charge in [0.25, 0.3) is 0 Å². The highest BCUT2D eigenvalue weighted by Gasteiger charge is 2.28. The molecular weight excluding hydrogens is 252 g/mol. The molecule has 4 heteroatoms. The van der Waals surface area contributed by atoms with Crippen molar-refractivity contribution in [2.45, 2.75) is 44.6 Å². The van der Waals surface area contributed by atoms with E-state index in [2.05, 4.69) is 34.9 Å². The van der Waals surface area contributed by atoms with Gasteiger partial charge in [0, 0.05) is 13.0 Å². The molecule has 2 N–H and O–H groups in total. The summed E-state index contributed by atoms with van der Waals surface area (Å²) in [7, 11) is 0. The number of aryl methyl sites for hydroxylation is 1. The molecule has 0 saturated carbocycles. The predicted octanol–water partition coefficient (Wildman–Crippen LogP) is 1.79. The van der Waals surface area contributed by atoms with Crippen LogP contribution in [0.3, 0.4) is 0 Å². The van der Waals surface area contributed by atoms with E-state index in [1.165, 1.54) is 5.56 Å². The minimum atomic E-state index is -0.291. The van der Waals surface area contributed by atoms with E-state index in [-0.39, 0.29) is 17.9 Å². The molecule has 0 aromatic heterocycles. The minimum Gasteiger partial charge on any atom is -0.352 e. The Bertz CT molecular complexity index is 445. The molecule has 0 radical (unpaired) electrons. The van der Waals surface area contributed by atoms with Crippen LogP contribution in [0.25, 0.3) is 0 Å². The van der Waals surface area contributed by atoms with Gasteiger partial charge in [0.15, 0.2) is 0 Å². The fourth-order valence-electron chi connectivity index (χ4n) is 2.28. The number of amides is 2. The van der Waals surface area contributed by atoms with Crippen molar-refractivity contribution in [3.05, 3.63) is 35.9 Å². The lowest BCUT2D eigenvalue weighted by Gasteiger charge is -2.26. The third-order valence-electron chi connectivity index (χ3n) is 3.59. The van der Waals surface area contributed by atoms with Crippen molar-refractivity contribution in [1.82, 2.24) is 10.6 Å². The zero-order chi connectivity index (χ0) is 14.2. The number of β-lactam (4-membered cyclic amide) rings is 1. The van der Waals surface area contributed by atoms with E-state index in [1.807, 2.05) is 6.07 Å². The second-order valence-corrected chi connectivity index (χ2v) is 5.27. The number of unbranched alkanes of at least 4 members (excludes halogenated alkanes) is 3. The van der Waals surface area contributed by atoms with Gasteiger partial charge in [0.05, 0.1) is 0 Å². The average Bonchev–Trinajstić information content (AvgIpc) is 2.48. The van der Waals surface area contributed by atoms with Crippen LogP contribution in [0.1, 0.15) is 37.7 Å². The Hall–Kier alpha value is -1.84. The molecule has 0 spiro atoms. The van der Waals surface area contributed by atoms with E-state index in [1.54, 1.807) is 0 Å². The summed E-state index contributed by atoms with van der Waals surface area (Å²) in [5.74, 6) is -0.0749. The largest absolute Gasteiger partial charge is 0.352 e. The van der Waals surface area contributed by atoms with Crippen molar-refractivity contribution in [1.29, 1.82) is 0 Å². The van der Waals surface area contributed by atoms with Crippen molar-refractivity contribution < 1.29 is 9.59 Å². The summed E-state index contributed by atoms with van der Waals surface area (Å²) >= 11 is 0. The van der Waals surface area contributed by atoms with Gasteiger partial charge >= 0.3 is 0 Å². The van der Waals surface area contributed by atoms with Gasteiger partial charge in [-0.15, -0.1) is 0 Å². The first-order valence-electron chi connectivity index (χ1n) is 7.37. The molecule has 4 nitrogen and oxygen atoms in total. The first kappa shape index (κ1) is 14.6. The van der Waals surface area contributed by atoms with E-state index in [9.17, 15) is 9.59 Å². The Kier molecular flexibility index (Phi) is 5.59. The van der Waals surface area contributed by atoms with Crippen LogP contribution in [0.5, 0.6) is 0 Å². The summed E-state index contributed by atoms with van der Waals surface area (Å²) in [6, 6.07) is 10.2.